The Balaban J connectivity index is 1.83. The van der Waals surface area contributed by atoms with Crippen LogP contribution in [0.25, 0.3) is 11.0 Å². The maximum Gasteiger partial charge on any atom is 0.243 e. The predicted octanol–water partition coefficient (Wildman–Crippen LogP) is 2.84. The first kappa shape index (κ1) is 11.7. The number of halogens is 1. The van der Waals surface area contributed by atoms with Crippen molar-refractivity contribution < 1.29 is 0 Å². The van der Waals surface area contributed by atoms with Crippen molar-refractivity contribution in [3.8, 4) is 0 Å². The normalized spacial score (nSPS) is 25.7. The van der Waals surface area contributed by atoms with Crippen molar-refractivity contribution in [2.75, 3.05) is 5.32 Å². The molecule has 0 aliphatic heterocycles. The molecule has 2 unspecified atom stereocenters. The van der Waals surface area contributed by atoms with E-state index in [-0.39, 0.29) is 10.8 Å². The van der Waals surface area contributed by atoms with E-state index in [1.807, 2.05) is 24.3 Å². The summed E-state index contributed by atoms with van der Waals surface area (Å²) in [4.78, 5) is 4.46. The number of rotatable bonds is 2. The predicted molar refractivity (Wildman–Crippen MR) is 72.8 cm³/mol. The molecule has 1 saturated carbocycles. The van der Waals surface area contributed by atoms with Gasteiger partial charge in [-0.2, -0.15) is 0 Å². The molecule has 0 radical (unpaired) electrons. The van der Waals surface area contributed by atoms with Crippen LogP contribution in [0.3, 0.4) is 0 Å². The molecule has 1 aromatic heterocycles. The lowest BCUT2D eigenvalue weighted by atomic mass is 9.67. The fourth-order valence-electron chi connectivity index (χ4n) is 2.22. The average molecular weight is 263 g/mol. The highest BCUT2D eigenvalue weighted by Crippen LogP contribution is 2.45. The minimum Gasteiger partial charge on any atom is -0.350 e. The van der Waals surface area contributed by atoms with Crippen LogP contribution in [-0.2, 0) is 0 Å². The van der Waals surface area contributed by atoms with Crippen LogP contribution in [-0.4, -0.2) is 26.6 Å². The number of hydrogen-bond donors (Lipinski definition) is 1. The Bertz CT molecular complexity index is 584. The number of benzene rings is 1. The second-order valence-corrected chi connectivity index (χ2v) is 5.87. The molecule has 0 saturated heterocycles. The van der Waals surface area contributed by atoms with Gasteiger partial charge in [0.05, 0.1) is 5.52 Å². The molecule has 1 aliphatic carbocycles. The van der Waals surface area contributed by atoms with Crippen molar-refractivity contribution in [1.82, 2.24) is 15.2 Å². The molecule has 94 valence electrons. The summed E-state index contributed by atoms with van der Waals surface area (Å²) in [7, 11) is 0. The molecule has 1 fully saturated rings. The van der Waals surface area contributed by atoms with E-state index in [1.165, 1.54) is 0 Å². The van der Waals surface area contributed by atoms with Gasteiger partial charge < -0.3 is 5.32 Å². The van der Waals surface area contributed by atoms with E-state index in [9.17, 15) is 0 Å². The molecular formula is C13H15ClN4. The lowest BCUT2D eigenvalue weighted by molar-refractivity contribution is 0.167. The van der Waals surface area contributed by atoms with Crippen LogP contribution in [0, 0.1) is 5.41 Å². The monoisotopic (exact) mass is 262 g/mol. The van der Waals surface area contributed by atoms with Crippen LogP contribution in [0.5, 0.6) is 0 Å². The van der Waals surface area contributed by atoms with E-state index in [4.69, 9.17) is 11.6 Å². The Morgan fingerprint density at radius 2 is 1.94 bits per heavy atom. The minimum absolute atomic E-state index is 0.0660. The molecule has 2 atom stereocenters. The fraction of sp³-hybridized carbons (Fsp3) is 0.462. The third-order valence-electron chi connectivity index (χ3n) is 3.81. The molecule has 5 heteroatoms. The van der Waals surface area contributed by atoms with Crippen LogP contribution in [0.2, 0.25) is 0 Å². The first-order chi connectivity index (χ1) is 8.57. The summed E-state index contributed by atoms with van der Waals surface area (Å²) in [5.74, 6) is 0.579. The van der Waals surface area contributed by atoms with Crippen molar-refractivity contribution in [3.05, 3.63) is 24.3 Å². The number of nitrogens with zero attached hydrogens (tertiary/aromatic N) is 3. The Kier molecular flexibility index (Phi) is 2.63. The number of nitrogens with one attached hydrogen (secondary N) is 1. The molecular weight excluding hydrogens is 248 g/mol. The zero-order valence-electron chi connectivity index (χ0n) is 10.4. The molecule has 0 amide bonds. The number of para-hydroxylation sites is 1. The second kappa shape index (κ2) is 4.05. The maximum absolute atomic E-state index is 6.20. The zero-order chi connectivity index (χ0) is 12.8. The van der Waals surface area contributed by atoms with Crippen molar-refractivity contribution in [2.24, 2.45) is 5.41 Å². The minimum atomic E-state index is 0.0660. The van der Waals surface area contributed by atoms with E-state index in [2.05, 4.69) is 34.3 Å². The Labute approximate surface area is 111 Å². The summed E-state index contributed by atoms with van der Waals surface area (Å²) in [6.07, 6.45) is 0.935. The van der Waals surface area contributed by atoms with Gasteiger partial charge in [0, 0.05) is 16.8 Å². The molecule has 1 heterocycles. The number of hydrogen-bond acceptors (Lipinski definition) is 4. The molecule has 0 spiro atoms. The Morgan fingerprint density at radius 3 is 2.61 bits per heavy atom. The van der Waals surface area contributed by atoms with E-state index >= 15 is 0 Å². The number of alkyl halides is 1. The quantitative estimate of drug-likeness (QED) is 0.846. The van der Waals surface area contributed by atoms with Gasteiger partial charge in [-0.25, -0.2) is 4.98 Å². The first-order valence-electron chi connectivity index (χ1n) is 6.07. The van der Waals surface area contributed by atoms with Gasteiger partial charge in [-0.3, -0.25) is 0 Å². The van der Waals surface area contributed by atoms with Crippen LogP contribution >= 0.6 is 11.6 Å². The van der Waals surface area contributed by atoms with Gasteiger partial charge >= 0.3 is 0 Å². The Hall–Kier alpha value is -1.42. The van der Waals surface area contributed by atoms with Crippen molar-refractivity contribution in [3.63, 3.8) is 0 Å². The highest BCUT2D eigenvalue weighted by Gasteiger charge is 2.47. The smallest absolute Gasteiger partial charge is 0.243 e. The van der Waals surface area contributed by atoms with Crippen molar-refractivity contribution >= 4 is 28.6 Å². The highest BCUT2D eigenvalue weighted by molar-refractivity contribution is 6.21. The third-order valence-corrected chi connectivity index (χ3v) is 4.55. The largest absolute Gasteiger partial charge is 0.350 e. The molecule has 0 bridgehead atoms. The summed E-state index contributed by atoms with van der Waals surface area (Å²) in [6.45, 7) is 4.31. The molecule has 1 aromatic carbocycles. The van der Waals surface area contributed by atoms with Gasteiger partial charge in [0.2, 0.25) is 5.95 Å². The standard InChI is InChI=1S/C13H15ClN4/c1-13(2)10(14)7-11(13)16-12-15-8-5-3-4-6-9(8)17-18-12/h3-6,10-11H,7H2,1-2H3,(H,15,16,18). The van der Waals surface area contributed by atoms with E-state index in [0.717, 1.165) is 17.5 Å². The molecule has 2 aromatic rings. The van der Waals surface area contributed by atoms with E-state index in [0.29, 0.717) is 12.0 Å². The SMILES string of the molecule is CC1(C)C(Cl)CC1Nc1nnc2ccccc2n1. The fourth-order valence-corrected chi connectivity index (χ4v) is 2.55. The number of aromatic nitrogens is 3. The van der Waals surface area contributed by atoms with Crippen LogP contribution in [0.4, 0.5) is 5.95 Å². The van der Waals surface area contributed by atoms with Gasteiger partial charge in [-0.05, 0) is 18.6 Å². The molecule has 1 N–H and O–H groups in total. The third kappa shape index (κ3) is 1.81. The summed E-state index contributed by atoms with van der Waals surface area (Å²) in [5.41, 5.74) is 1.73. The van der Waals surface area contributed by atoms with Gasteiger partial charge in [-0.1, -0.05) is 26.0 Å². The van der Waals surface area contributed by atoms with Crippen LogP contribution in [0.1, 0.15) is 20.3 Å². The number of anilines is 1. The summed E-state index contributed by atoms with van der Waals surface area (Å²) < 4.78 is 0. The van der Waals surface area contributed by atoms with Gasteiger partial charge in [-0.15, -0.1) is 21.8 Å². The van der Waals surface area contributed by atoms with E-state index in [1.54, 1.807) is 0 Å². The lowest BCUT2D eigenvalue weighted by Crippen LogP contribution is -2.54. The Morgan fingerprint density at radius 1 is 1.22 bits per heavy atom. The van der Waals surface area contributed by atoms with Gasteiger partial charge in [0.15, 0.2) is 0 Å². The zero-order valence-corrected chi connectivity index (χ0v) is 11.1. The van der Waals surface area contributed by atoms with Gasteiger partial charge in [0.1, 0.15) is 5.52 Å². The van der Waals surface area contributed by atoms with Gasteiger partial charge in [0.25, 0.3) is 0 Å². The maximum atomic E-state index is 6.20. The lowest BCUT2D eigenvalue weighted by Gasteiger charge is -2.49. The molecule has 1 aliphatic rings. The van der Waals surface area contributed by atoms with Crippen molar-refractivity contribution in [2.45, 2.75) is 31.7 Å². The average Bonchev–Trinajstić information content (AvgIpc) is 2.38. The van der Waals surface area contributed by atoms with E-state index < -0.39 is 0 Å². The van der Waals surface area contributed by atoms with Crippen LogP contribution < -0.4 is 5.32 Å². The summed E-state index contributed by atoms with van der Waals surface area (Å²) >= 11 is 6.20. The summed E-state index contributed by atoms with van der Waals surface area (Å²) in [5, 5.41) is 11.8. The van der Waals surface area contributed by atoms with Crippen molar-refractivity contribution in [1.29, 1.82) is 0 Å². The molecule has 3 rings (SSSR count). The molecule has 18 heavy (non-hydrogen) atoms. The second-order valence-electron chi connectivity index (χ2n) is 5.35. The summed E-state index contributed by atoms with van der Waals surface area (Å²) in [6, 6.07) is 8.03. The van der Waals surface area contributed by atoms with Crippen LogP contribution in [0.15, 0.2) is 24.3 Å². The number of fused-ring (bicyclic) bond motifs is 1. The molecule has 4 nitrogen and oxygen atoms in total. The highest BCUT2D eigenvalue weighted by atomic mass is 35.5. The topological polar surface area (TPSA) is 50.7 Å². The first-order valence-corrected chi connectivity index (χ1v) is 6.51.